The molecule has 2 fully saturated rings. The van der Waals surface area contributed by atoms with Crippen LogP contribution >= 0.6 is 0 Å². The minimum Gasteiger partial charge on any atom is -0.467 e. The van der Waals surface area contributed by atoms with Crippen LogP contribution in [-0.4, -0.2) is 42.2 Å². The Morgan fingerprint density at radius 1 is 1.17 bits per heavy atom. The summed E-state index contributed by atoms with van der Waals surface area (Å²) in [5.74, 6) is 2.95. The van der Waals surface area contributed by atoms with Crippen LogP contribution in [0.25, 0.3) is 0 Å². The van der Waals surface area contributed by atoms with Crippen LogP contribution in [0.2, 0.25) is 0 Å². The fraction of sp³-hybridized carbons (Fsp3) is 0.750. The van der Waals surface area contributed by atoms with E-state index in [2.05, 4.69) is 25.2 Å². The van der Waals surface area contributed by atoms with Gasteiger partial charge in [-0.15, -0.1) is 0 Å². The molecule has 6 nitrogen and oxygen atoms in total. The largest absolute Gasteiger partial charge is 0.467 e. The zero-order valence-corrected chi connectivity index (χ0v) is 10.9. The third-order valence-electron chi connectivity index (χ3n) is 4.02. The van der Waals surface area contributed by atoms with Gasteiger partial charge >= 0.3 is 6.01 Å². The van der Waals surface area contributed by atoms with E-state index in [1.54, 1.807) is 14.2 Å². The van der Waals surface area contributed by atoms with Crippen molar-refractivity contribution in [2.24, 2.45) is 11.8 Å². The smallest absolute Gasteiger partial charge is 0.322 e. The third kappa shape index (κ3) is 1.95. The number of aromatic nitrogens is 3. The molecule has 0 amide bonds. The van der Waals surface area contributed by atoms with Crippen LogP contribution in [0.3, 0.4) is 0 Å². The number of hydrogen-bond donors (Lipinski definition) is 1. The maximum absolute atomic E-state index is 5.12. The molecule has 1 saturated heterocycles. The molecule has 2 atom stereocenters. The van der Waals surface area contributed by atoms with Crippen LogP contribution in [-0.2, 0) is 0 Å². The molecule has 0 bridgehead atoms. The normalized spacial score (nSPS) is 26.2. The number of nitrogens with zero attached hydrogens (tertiary/aromatic N) is 4. The molecule has 2 unspecified atom stereocenters. The van der Waals surface area contributed by atoms with E-state index in [4.69, 9.17) is 4.74 Å². The Balaban J connectivity index is 1.83. The van der Waals surface area contributed by atoms with Crippen LogP contribution in [0.4, 0.5) is 11.9 Å². The first-order valence-corrected chi connectivity index (χ1v) is 6.53. The van der Waals surface area contributed by atoms with Crippen molar-refractivity contribution in [1.29, 1.82) is 0 Å². The van der Waals surface area contributed by atoms with Crippen molar-refractivity contribution in [3.63, 3.8) is 0 Å². The lowest BCUT2D eigenvalue weighted by Crippen LogP contribution is -2.24. The molecule has 1 aliphatic heterocycles. The Morgan fingerprint density at radius 3 is 2.50 bits per heavy atom. The predicted molar refractivity (Wildman–Crippen MR) is 69.0 cm³/mol. The van der Waals surface area contributed by atoms with Gasteiger partial charge in [-0.25, -0.2) is 0 Å². The van der Waals surface area contributed by atoms with Gasteiger partial charge in [0, 0.05) is 20.1 Å². The Hall–Kier alpha value is -1.59. The highest BCUT2D eigenvalue weighted by Crippen LogP contribution is 2.38. The van der Waals surface area contributed by atoms with E-state index in [0.717, 1.165) is 30.9 Å². The molecule has 1 aromatic heterocycles. The summed E-state index contributed by atoms with van der Waals surface area (Å²) in [4.78, 5) is 15.2. The Kier molecular flexibility index (Phi) is 2.93. The number of anilines is 2. The van der Waals surface area contributed by atoms with E-state index in [0.29, 0.717) is 12.0 Å². The minimum absolute atomic E-state index is 0.376. The Morgan fingerprint density at radius 2 is 1.89 bits per heavy atom. The standard InChI is InChI=1S/C12H19N5O/c1-13-10-14-11(16-12(15-10)18-2)17-6-8-4-3-5-9(8)7-17/h8-9H,3-7H2,1-2H3,(H,13,14,15,16). The van der Waals surface area contributed by atoms with Gasteiger partial charge in [0.1, 0.15) is 0 Å². The van der Waals surface area contributed by atoms with Crippen molar-refractivity contribution in [2.75, 3.05) is 37.5 Å². The molecule has 6 heteroatoms. The van der Waals surface area contributed by atoms with Gasteiger partial charge in [-0.05, 0) is 24.7 Å². The molecule has 0 aromatic carbocycles. The van der Waals surface area contributed by atoms with Gasteiger partial charge in [-0.1, -0.05) is 6.42 Å². The molecule has 18 heavy (non-hydrogen) atoms. The van der Waals surface area contributed by atoms with Gasteiger partial charge in [-0.3, -0.25) is 0 Å². The van der Waals surface area contributed by atoms with Gasteiger partial charge in [0.15, 0.2) is 0 Å². The van der Waals surface area contributed by atoms with Crippen LogP contribution in [0, 0.1) is 11.8 Å². The minimum atomic E-state index is 0.376. The van der Waals surface area contributed by atoms with Crippen LogP contribution in [0.15, 0.2) is 0 Å². The van der Waals surface area contributed by atoms with Crippen molar-refractivity contribution >= 4 is 11.9 Å². The molecule has 1 N–H and O–H groups in total. The quantitative estimate of drug-likeness (QED) is 0.867. The van der Waals surface area contributed by atoms with Gasteiger partial charge in [0.25, 0.3) is 0 Å². The molecule has 2 aliphatic rings. The summed E-state index contributed by atoms with van der Waals surface area (Å²) in [5.41, 5.74) is 0. The van der Waals surface area contributed by atoms with Crippen molar-refractivity contribution in [1.82, 2.24) is 15.0 Å². The number of methoxy groups -OCH3 is 1. The number of rotatable bonds is 3. The fourth-order valence-electron chi connectivity index (χ4n) is 3.09. The first kappa shape index (κ1) is 11.5. The van der Waals surface area contributed by atoms with Crippen molar-refractivity contribution in [3.8, 4) is 6.01 Å². The van der Waals surface area contributed by atoms with E-state index in [9.17, 15) is 0 Å². The maximum Gasteiger partial charge on any atom is 0.322 e. The van der Waals surface area contributed by atoms with Crippen molar-refractivity contribution in [2.45, 2.75) is 19.3 Å². The van der Waals surface area contributed by atoms with Crippen LogP contribution in [0.1, 0.15) is 19.3 Å². The Bertz CT molecular complexity index is 404. The number of hydrogen-bond acceptors (Lipinski definition) is 6. The fourth-order valence-corrected chi connectivity index (χ4v) is 3.09. The number of ether oxygens (including phenoxy) is 1. The van der Waals surface area contributed by atoms with Crippen molar-refractivity contribution < 1.29 is 4.74 Å². The average molecular weight is 249 g/mol. The molecule has 1 aromatic rings. The van der Waals surface area contributed by atoms with Crippen LogP contribution in [0.5, 0.6) is 6.01 Å². The van der Waals surface area contributed by atoms with Crippen LogP contribution < -0.4 is 15.0 Å². The highest BCUT2D eigenvalue weighted by molar-refractivity contribution is 5.39. The summed E-state index contributed by atoms with van der Waals surface area (Å²) in [5, 5.41) is 2.95. The number of fused-ring (bicyclic) bond motifs is 1. The molecule has 3 rings (SSSR count). The topological polar surface area (TPSA) is 63.2 Å². The molecule has 1 aliphatic carbocycles. The third-order valence-corrected chi connectivity index (χ3v) is 4.02. The highest BCUT2D eigenvalue weighted by Gasteiger charge is 2.37. The summed E-state index contributed by atoms with van der Waals surface area (Å²) in [6.45, 7) is 2.14. The molecule has 98 valence electrons. The van der Waals surface area contributed by atoms with Gasteiger partial charge in [0.05, 0.1) is 7.11 Å². The van der Waals surface area contributed by atoms with E-state index in [1.807, 2.05) is 0 Å². The molecule has 2 heterocycles. The van der Waals surface area contributed by atoms with E-state index >= 15 is 0 Å². The first-order chi connectivity index (χ1) is 8.80. The summed E-state index contributed by atoms with van der Waals surface area (Å²) in [6, 6.07) is 0.376. The maximum atomic E-state index is 5.12. The molecule has 1 saturated carbocycles. The second kappa shape index (κ2) is 4.59. The molecule has 0 spiro atoms. The van der Waals surface area contributed by atoms with Gasteiger partial charge in [0.2, 0.25) is 11.9 Å². The summed E-state index contributed by atoms with van der Waals surface area (Å²) >= 11 is 0. The highest BCUT2D eigenvalue weighted by atomic mass is 16.5. The van der Waals surface area contributed by atoms with E-state index < -0.39 is 0 Å². The Labute approximate surface area is 107 Å². The summed E-state index contributed by atoms with van der Waals surface area (Å²) in [6.07, 6.45) is 4.08. The average Bonchev–Trinajstić information content (AvgIpc) is 2.98. The lowest BCUT2D eigenvalue weighted by Gasteiger charge is -2.17. The van der Waals surface area contributed by atoms with E-state index in [1.165, 1.54) is 19.3 Å². The lowest BCUT2D eigenvalue weighted by atomic mass is 10.0. The second-order valence-electron chi connectivity index (χ2n) is 5.05. The predicted octanol–water partition coefficient (Wildman–Crippen LogP) is 1.16. The zero-order chi connectivity index (χ0) is 12.5. The molecule has 0 radical (unpaired) electrons. The summed E-state index contributed by atoms with van der Waals surface area (Å²) in [7, 11) is 3.38. The summed E-state index contributed by atoms with van der Waals surface area (Å²) < 4.78 is 5.12. The SMILES string of the molecule is CNc1nc(OC)nc(N2CC3CCCC3C2)n1. The molecular formula is C12H19N5O. The molecular weight excluding hydrogens is 230 g/mol. The van der Waals surface area contributed by atoms with Crippen molar-refractivity contribution in [3.05, 3.63) is 0 Å². The lowest BCUT2D eigenvalue weighted by molar-refractivity contribution is 0.379. The van der Waals surface area contributed by atoms with Gasteiger partial charge < -0.3 is 15.0 Å². The first-order valence-electron chi connectivity index (χ1n) is 6.53. The zero-order valence-electron chi connectivity index (χ0n) is 10.9. The van der Waals surface area contributed by atoms with E-state index in [-0.39, 0.29) is 0 Å². The number of nitrogens with one attached hydrogen (secondary N) is 1. The second-order valence-corrected chi connectivity index (χ2v) is 5.05. The monoisotopic (exact) mass is 249 g/mol. The van der Waals surface area contributed by atoms with Gasteiger partial charge in [-0.2, -0.15) is 15.0 Å².